The Balaban J connectivity index is 1.96. The predicted octanol–water partition coefficient (Wildman–Crippen LogP) is 2.43. The summed E-state index contributed by atoms with van der Waals surface area (Å²) in [5.41, 5.74) is 0.302. The van der Waals surface area contributed by atoms with Crippen molar-refractivity contribution in [1.29, 1.82) is 0 Å². The van der Waals surface area contributed by atoms with Gasteiger partial charge < -0.3 is 9.73 Å². The lowest BCUT2D eigenvalue weighted by molar-refractivity contribution is -0.117. The maximum Gasteiger partial charge on any atom is 0.292 e. The first-order valence-corrected chi connectivity index (χ1v) is 5.65. The van der Waals surface area contributed by atoms with E-state index in [1.807, 2.05) is 0 Å². The maximum atomic E-state index is 11.7. The molecule has 0 aliphatic rings. The number of rotatable bonds is 4. The normalized spacial score (nSPS) is 10.1. The van der Waals surface area contributed by atoms with Crippen LogP contribution < -0.4 is 5.32 Å². The summed E-state index contributed by atoms with van der Waals surface area (Å²) in [6.45, 7) is 0.186. The van der Waals surface area contributed by atoms with Gasteiger partial charge in [-0.05, 0) is 36.4 Å². The van der Waals surface area contributed by atoms with Crippen LogP contribution in [0.5, 0.6) is 0 Å². The highest BCUT2D eigenvalue weighted by Crippen LogP contribution is 2.10. The van der Waals surface area contributed by atoms with Crippen LogP contribution in [0.25, 0.3) is 0 Å². The van der Waals surface area contributed by atoms with Crippen molar-refractivity contribution in [2.75, 3.05) is 0 Å². The molecule has 0 bridgehead atoms. The van der Waals surface area contributed by atoms with Crippen LogP contribution in [0.15, 0.2) is 47.1 Å². The topological polar surface area (TPSA) is 59.3 Å². The van der Waals surface area contributed by atoms with Crippen molar-refractivity contribution in [1.82, 2.24) is 5.32 Å². The molecule has 1 heterocycles. The maximum absolute atomic E-state index is 11.7. The van der Waals surface area contributed by atoms with E-state index in [2.05, 4.69) is 5.32 Å². The quantitative estimate of drug-likeness (QED) is 0.681. The molecule has 0 fully saturated rings. The van der Waals surface area contributed by atoms with Crippen LogP contribution in [0.4, 0.5) is 0 Å². The van der Waals surface area contributed by atoms with E-state index >= 15 is 0 Å². The van der Waals surface area contributed by atoms with Gasteiger partial charge in [-0.3, -0.25) is 9.59 Å². The summed E-state index contributed by atoms with van der Waals surface area (Å²) in [4.78, 5) is 23.3. The van der Waals surface area contributed by atoms with Crippen molar-refractivity contribution >= 4 is 23.3 Å². The Kier molecular flexibility index (Phi) is 3.79. The molecule has 92 valence electrons. The summed E-state index contributed by atoms with van der Waals surface area (Å²) in [7, 11) is 0. The molecule has 0 aliphatic carbocycles. The predicted molar refractivity (Wildman–Crippen MR) is 66.3 cm³/mol. The Bertz CT molecular complexity index is 546. The van der Waals surface area contributed by atoms with E-state index in [0.29, 0.717) is 16.3 Å². The number of amides is 1. The summed E-state index contributed by atoms with van der Waals surface area (Å²) in [6.07, 6.45) is 1.50. The highest BCUT2D eigenvalue weighted by Gasteiger charge is 2.15. The van der Waals surface area contributed by atoms with Gasteiger partial charge in [-0.15, -0.1) is 0 Å². The molecule has 4 nitrogen and oxygen atoms in total. The van der Waals surface area contributed by atoms with Gasteiger partial charge in [0.25, 0.3) is 5.91 Å². The molecule has 0 saturated carbocycles. The molecular formula is C13H10ClNO3. The first kappa shape index (κ1) is 12.4. The number of benzene rings is 1. The number of Topliss-reactive ketones (excluding diaryl/α,β-unsaturated/α-hetero) is 1. The summed E-state index contributed by atoms with van der Waals surface area (Å²) in [5, 5.41) is 3.00. The standard InChI is InChI=1S/C13H10ClNO3/c14-10-5-3-9(4-6-10)12(16)13(17)15-8-11-2-1-7-18-11/h1-7H,8H2,(H,15,17). The third-order valence-electron chi connectivity index (χ3n) is 2.32. The number of hydrogen-bond donors (Lipinski definition) is 1. The molecule has 0 saturated heterocycles. The SMILES string of the molecule is O=C(NCc1ccco1)C(=O)c1ccc(Cl)cc1. The second-order valence-corrected chi connectivity index (χ2v) is 4.03. The molecule has 0 spiro atoms. The fourth-order valence-electron chi connectivity index (χ4n) is 1.39. The lowest BCUT2D eigenvalue weighted by Crippen LogP contribution is -2.30. The Morgan fingerprint density at radius 2 is 1.89 bits per heavy atom. The van der Waals surface area contributed by atoms with Crippen LogP contribution >= 0.6 is 11.6 Å². The van der Waals surface area contributed by atoms with E-state index in [0.717, 1.165) is 0 Å². The average molecular weight is 264 g/mol. The fraction of sp³-hybridized carbons (Fsp3) is 0.0769. The highest BCUT2D eigenvalue weighted by atomic mass is 35.5. The van der Waals surface area contributed by atoms with Gasteiger partial charge in [0, 0.05) is 10.6 Å². The van der Waals surface area contributed by atoms with E-state index in [9.17, 15) is 9.59 Å². The zero-order valence-electron chi connectivity index (χ0n) is 9.35. The van der Waals surface area contributed by atoms with Crippen LogP contribution in [-0.2, 0) is 11.3 Å². The Morgan fingerprint density at radius 3 is 2.50 bits per heavy atom. The number of nitrogens with one attached hydrogen (secondary N) is 1. The molecule has 0 radical (unpaired) electrons. The summed E-state index contributed by atoms with van der Waals surface area (Å²) >= 11 is 5.70. The Labute approximate surface area is 109 Å². The van der Waals surface area contributed by atoms with E-state index in [-0.39, 0.29) is 6.54 Å². The van der Waals surface area contributed by atoms with Gasteiger partial charge in [0.2, 0.25) is 5.78 Å². The lowest BCUT2D eigenvalue weighted by atomic mass is 10.1. The molecule has 2 rings (SSSR count). The number of ketones is 1. The number of carbonyl (C=O) groups is 2. The lowest BCUT2D eigenvalue weighted by Gasteiger charge is -2.02. The van der Waals surface area contributed by atoms with Gasteiger partial charge in [0.05, 0.1) is 12.8 Å². The van der Waals surface area contributed by atoms with Crippen molar-refractivity contribution in [2.45, 2.75) is 6.54 Å². The fourth-order valence-corrected chi connectivity index (χ4v) is 1.52. The minimum absolute atomic E-state index is 0.186. The van der Waals surface area contributed by atoms with E-state index < -0.39 is 11.7 Å². The Hall–Kier alpha value is -2.07. The van der Waals surface area contributed by atoms with Crippen LogP contribution in [0.2, 0.25) is 5.02 Å². The van der Waals surface area contributed by atoms with Crippen LogP contribution in [-0.4, -0.2) is 11.7 Å². The molecule has 0 unspecified atom stereocenters. The number of halogens is 1. The van der Waals surface area contributed by atoms with Gasteiger partial charge >= 0.3 is 0 Å². The number of hydrogen-bond acceptors (Lipinski definition) is 3. The third-order valence-corrected chi connectivity index (χ3v) is 2.57. The van der Waals surface area contributed by atoms with Crippen molar-refractivity contribution in [2.24, 2.45) is 0 Å². The van der Waals surface area contributed by atoms with E-state index in [1.165, 1.54) is 18.4 Å². The molecule has 18 heavy (non-hydrogen) atoms. The van der Waals surface area contributed by atoms with Crippen molar-refractivity contribution < 1.29 is 14.0 Å². The van der Waals surface area contributed by atoms with Gasteiger partial charge in [-0.1, -0.05) is 11.6 Å². The second kappa shape index (κ2) is 5.51. The smallest absolute Gasteiger partial charge is 0.292 e. The second-order valence-electron chi connectivity index (χ2n) is 3.60. The molecule has 1 aromatic heterocycles. The highest BCUT2D eigenvalue weighted by molar-refractivity contribution is 6.43. The van der Waals surface area contributed by atoms with Crippen molar-refractivity contribution in [3.05, 3.63) is 59.0 Å². The molecule has 1 amide bonds. The van der Waals surface area contributed by atoms with E-state index in [1.54, 1.807) is 24.3 Å². The van der Waals surface area contributed by atoms with Crippen molar-refractivity contribution in [3.63, 3.8) is 0 Å². The van der Waals surface area contributed by atoms with Gasteiger partial charge in [0.15, 0.2) is 0 Å². The van der Waals surface area contributed by atoms with Gasteiger partial charge in [-0.2, -0.15) is 0 Å². The minimum atomic E-state index is -0.672. The van der Waals surface area contributed by atoms with Gasteiger partial charge in [-0.25, -0.2) is 0 Å². The third kappa shape index (κ3) is 2.99. The summed E-state index contributed by atoms with van der Waals surface area (Å²) in [6, 6.07) is 9.58. The largest absolute Gasteiger partial charge is 0.467 e. The molecule has 0 atom stereocenters. The zero-order chi connectivity index (χ0) is 13.0. The molecule has 5 heteroatoms. The molecule has 0 aliphatic heterocycles. The van der Waals surface area contributed by atoms with Gasteiger partial charge in [0.1, 0.15) is 5.76 Å². The van der Waals surface area contributed by atoms with Crippen LogP contribution in [0.1, 0.15) is 16.1 Å². The monoisotopic (exact) mass is 263 g/mol. The van der Waals surface area contributed by atoms with Crippen molar-refractivity contribution in [3.8, 4) is 0 Å². The summed E-state index contributed by atoms with van der Waals surface area (Å²) in [5.74, 6) is -0.681. The van der Waals surface area contributed by atoms with Crippen LogP contribution in [0, 0.1) is 0 Å². The van der Waals surface area contributed by atoms with Crippen LogP contribution in [0.3, 0.4) is 0 Å². The Morgan fingerprint density at radius 1 is 1.17 bits per heavy atom. The summed E-state index contributed by atoms with van der Waals surface area (Å²) < 4.78 is 5.04. The first-order chi connectivity index (χ1) is 8.66. The molecular weight excluding hydrogens is 254 g/mol. The molecule has 1 N–H and O–H groups in total. The first-order valence-electron chi connectivity index (χ1n) is 5.27. The van der Waals surface area contributed by atoms with E-state index in [4.69, 9.17) is 16.0 Å². The minimum Gasteiger partial charge on any atom is -0.467 e. The molecule has 2 aromatic rings. The number of furan rings is 1. The zero-order valence-corrected chi connectivity index (χ0v) is 10.1. The molecule has 1 aromatic carbocycles. The number of carbonyl (C=O) groups excluding carboxylic acids is 2. The average Bonchev–Trinajstić information content (AvgIpc) is 2.89.